The maximum Gasteiger partial charge on any atom is 0.196 e. The Bertz CT molecular complexity index is 1090. The van der Waals surface area contributed by atoms with Gasteiger partial charge in [-0.3, -0.25) is 4.57 Å². The normalized spacial score (nSPS) is 11.0. The average molecular weight is 393 g/mol. The summed E-state index contributed by atoms with van der Waals surface area (Å²) < 4.78 is 28.5. The number of hydrogen-bond donors (Lipinski definition) is 0. The highest BCUT2D eigenvalue weighted by atomic mass is 32.2. The van der Waals surface area contributed by atoms with Crippen LogP contribution in [0.5, 0.6) is 0 Å². The summed E-state index contributed by atoms with van der Waals surface area (Å²) in [6, 6.07) is 20.6. The van der Waals surface area contributed by atoms with E-state index in [9.17, 15) is 8.78 Å². The molecule has 4 aromatic rings. The molecule has 0 spiro atoms. The van der Waals surface area contributed by atoms with Gasteiger partial charge in [0, 0.05) is 11.3 Å². The SMILES string of the molecule is Cc1ccccc1-n1c(SCc2ccc(F)cc2)nnc1-c1ccc(F)cc1. The smallest absolute Gasteiger partial charge is 0.196 e. The molecule has 0 N–H and O–H groups in total. The Morgan fingerprint density at radius 1 is 0.821 bits per heavy atom. The van der Waals surface area contributed by atoms with E-state index in [1.54, 1.807) is 24.3 Å². The Balaban J connectivity index is 1.75. The lowest BCUT2D eigenvalue weighted by Gasteiger charge is -2.13. The third-order valence-corrected chi connectivity index (χ3v) is 5.37. The molecule has 0 aliphatic heterocycles. The van der Waals surface area contributed by atoms with E-state index in [1.807, 2.05) is 35.8 Å². The third kappa shape index (κ3) is 3.82. The van der Waals surface area contributed by atoms with Crippen molar-refractivity contribution in [3.8, 4) is 17.1 Å². The molecule has 0 fully saturated rings. The molecule has 0 unspecified atom stereocenters. The summed E-state index contributed by atoms with van der Waals surface area (Å²) in [4.78, 5) is 0. The van der Waals surface area contributed by atoms with E-state index >= 15 is 0 Å². The molecule has 28 heavy (non-hydrogen) atoms. The molecule has 0 aliphatic carbocycles. The van der Waals surface area contributed by atoms with Crippen LogP contribution in [0.4, 0.5) is 8.78 Å². The van der Waals surface area contributed by atoms with Gasteiger partial charge in [-0.2, -0.15) is 0 Å². The van der Waals surface area contributed by atoms with Crippen molar-refractivity contribution in [3.63, 3.8) is 0 Å². The number of para-hydroxylation sites is 1. The van der Waals surface area contributed by atoms with Gasteiger partial charge in [0.05, 0.1) is 5.69 Å². The largest absolute Gasteiger partial charge is 0.270 e. The molecule has 0 aliphatic rings. The third-order valence-electron chi connectivity index (χ3n) is 4.37. The second kappa shape index (κ2) is 7.94. The number of nitrogens with zero attached hydrogens (tertiary/aromatic N) is 3. The van der Waals surface area contributed by atoms with E-state index in [0.717, 1.165) is 27.5 Å². The fourth-order valence-electron chi connectivity index (χ4n) is 2.91. The first-order chi connectivity index (χ1) is 13.6. The zero-order valence-electron chi connectivity index (χ0n) is 15.1. The van der Waals surface area contributed by atoms with Crippen LogP contribution in [0.15, 0.2) is 78.0 Å². The zero-order chi connectivity index (χ0) is 19.5. The Morgan fingerprint density at radius 3 is 2.14 bits per heavy atom. The van der Waals surface area contributed by atoms with Gasteiger partial charge in [-0.25, -0.2) is 8.78 Å². The molecule has 3 nitrogen and oxygen atoms in total. The number of benzene rings is 3. The highest BCUT2D eigenvalue weighted by molar-refractivity contribution is 7.98. The molecular formula is C22H17F2N3S. The molecule has 4 rings (SSSR count). The predicted molar refractivity (Wildman–Crippen MR) is 107 cm³/mol. The first-order valence-corrected chi connectivity index (χ1v) is 9.75. The Morgan fingerprint density at radius 2 is 1.46 bits per heavy atom. The summed E-state index contributed by atoms with van der Waals surface area (Å²) in [5, 5.41) is 9.46. The fraction of sp³-hybridized carbons (Fsp3) is 0.0909. The fourth-order valence-corrected chi connectivity index (χ4v) is 3.81. The molecule has 3 aromatic carbocycles. The van der Waals surface area contributed by atoms with Crippen molar-refractivity contribution in [1.82, 2.24) is 14.8 Å². The van der Waals surface area contributed by atoms with Crippen molar-refractivity contribution in [2.75, 3.05) is 0 Å². The highest BCUT2D eigenvalue weighted by Crippen LogP contribution is 2.31. The number of halogens is 2. The minimum absolute atomic E-state index is 0.254. The molecule has 0 bridgehead atoms. The van der Waals surface area contributed by atoms with Gasteiger partial charge in [-0.1, -0.05) is 42.1 Å². The lowest BCUT2D eigenvalue weighted by Crippen LogP contribution is -2.02. The molecule has 0 saturated heterocycles. The van der Waals surface area contributed by atoms with Gasteiger partial charge in [-0.05, 0) is 60.5 Å². The summed E-state index contributed by atoms with van der Waals surface area (Å²) in [6.07, 6.45) is 0. The second-order valence-electron chi connectivity index (χ2n) is 6.35. The average Bonchev–Trinajstić information content (AvgIpc) is 3.12. The molecule has 140 valence electrons. The van der Waals surface area contributed by atoms with Gasteiger partial charge in [0.25, 0.3) is 0 Å². The second-order valence-corrected chi connectivity index (χ2v) is 7.29. The highest BCUT2D eigenvalue weighted by Gasteiger charge is 2.17. The molecule has 0 saturated carbocycles. The van der Waals surface area contributed by atoms with Crippen LogP contribution in [-0.2, 0) is 5.75 Å². The van der Waals surface area contributed by atoms with Crippen LogP contribution in [0, 0.1) is 18.6 Å². The van der Waals surface area contributed by atoms with E-state index in [1.165, 1.54) is 36.0 Å². The van der Waals surface area contributed by atoms with Crippen LogP contribution in [0.1, 0.15) is 11.1 Å². The van der Waals surface area contributed by atoms with Crippen LogP contribution in [0.2, 0.25) is 0 Å². The van der Waals surface area contributed by atoms with Crippen molar-refractivity contribution in [2.24, 2.45) is 0 Å². The number of aromatic nitrogens is 3. The van der Waals surface area contributed by atoms with Crippen LogP contribution < -0.4 is 0 Å². The topological polar surface area (TPSA) is 30.7 Å². The Kier molecular flexibility index (Phi) is 5.21. The van der Waals surface area contributed by atoms with E-state index in [-0.39, 0.29) is 11.6 Å². The monoisotopic (exact) mass is 393 g/mol. The molecule has 0 atom stereocenters. The number of aryl methyl sites for hydroxylation is 1. The van der Waals surface area contributed by atoms with Crippen molar-refractivity contribution >= 4 is 11.8 Å². The maximum absolute atomic E-state index is 13.4. The molecular weight excluding hydrogens is 376 g/mol. The van der Waals surface area contributed by atoms with Gasteiger partial charge in [0.15, 0.2) is 11.0 Å². The molecule has 1 aromatic heterocycles. The van der Waals surface area contributed by atoms with Crippen molar-refractivity contribution < 1.29 is 8.78 Å². The van der Waals surface area contributed by atoms with Gasteiger partial charge < -0.3 is 0 Å². The Hall–Kier alpha value is -2.99. The van der Waals surface area contributed by atoms with E-state index in [4.69, 9.17) is 0 Å². The van der Waals surface area contributed by atoms with E-state index < -0.39 is 0 Å². The number of thioether (sulfide) groups is 1. The number of rotatable bonds is 5. The van der Waals surface area contributed by atoms with Crippen LogP contribution in [0.3, 0.4) is 0 Å². The lowest BCUT2D eigenvalue weighted by atomic mass is 10.1. The summed E-state index contributed by atoms with van der Waals surface area (Å²) in [5.41, 5.74) is 3.82. The quantitative estimate of drug-likeness (QED) is 0.401. The van der Waals surface area contributed by atoms with Gasteiger partial charge in [-0.15, -0.1) is 10.2 Å². The summed E-state index contributed by atoms with van der Waals surface area (Å²) >= 11 is 1.52. The summed E-state index contributed by atoms with van der Waals surface area (Å²) in [5.74, 6) is 0.733. The van der Waals surface area contributed by atoms with Crippen LogP contribution >= 0.6 is 11.8 Å². The summed E-state index contributed by atoms with van der Waals surface area (Å²) in [7, 11) is 0. The standard InChI is InChI=1S/C22H17F2N3S/c1-15-4-2-3-5-20(15)27-21(17-8-12-19(24)13-9-17)25-26-22(27)28-14-16-6-10-18(23)11-7-16/h2-13H,14H2,1H3. The van der Waals surface area contributed by atoms with E-state index in [2.05, 4.69) is 10.2 Å². The van der Waals surface area contributed by atoms with Crippen LogP contribution in [0.25, 0.3) is 17.1 Å². The molecule has 0 amide bonds. The van der Waals surface area contributed by atoms with Crippen molar-refractivity contribution in [3.05, 3.63) is 95.6 Å². The van der Waals surface area contributed by atoms with E-state index in [0.29, 0.717) is 11.6 Å². The predicted octanol–water partition coefficient (Wildman–Crippen LogP) is 5.81. The first-order valence-electron chi connectivity index (χ1n) is 8.76. The maximum atomic E-state index is 13.4. The minimum atomic E-state index is -0.295. The molecule has 6 heteroatoms. The molecule has 0 radical (unpaired) electrons. The minimum Gasteiger partial charge on any atom is -0.270 e. The lowest BCUT2D eigenvalue weighted by molar-refractivity contribution is 0.627. The van der Waals surface area contributed by atoms with Crippen molar-refractivity contribution in [2.45, 2.75) is 17.8 Å². The Labute approximate surface area is 166 Å². The van der Waals surface area contributed by atoms with Gasteiger partial charge >= 0.3 is 0 Å². The zero-order valence-corrected chi connectivity index (χ0v) is 16.0. The summed E-state index contributed by atoms with van der Waals surface area (Å²) in [6.45, 7) is 2.03. The van der Waals surface area contributed by atoms with Gasteiger partial charge in [0.1, 0.15) is 11.6 Å². The first kappa shape index (κ1) is 18.4. The van der Waals surface area contributed by atoms with Gasteiger partial charge in [0.2, 0.25) is 0 Å². The number of hydrogen-bond acceptors (Lipinski definition) is 3. The molecule has 1 heterocycles. The van der Waals surface area contributed by atoms with Crippen LogP contribution in [-0.4, -0.2) is 14.8 Å². The van der Waals surface area contributed by atoms with Crippen molar-refractivity contribution in [1.29, 1.82) is 0 Å².